The summed E-state index contributed by atoms with van der Waals surface area (Å²) in [5.41, 5.74) is 0.382. The maximum Gasteiger partial charge on any atom is 0.337 e. The predicted molar refractivity (Wildman–Crippen MR) is 82.4 cm³/mol. The summed E-state index contributed by atoms with van der Waals surface area (Å²) in [5.74, 6) is -4.12. The van der Waals surface area contributed by atoms with Crippen LogP contribution in [0.3, 0.4) is 0 Å². The summed E-state index contributed by atoms with van der Waals surface area (Å²) in [7, 11) is 2.36. The first-order valence-corrected chi connectivity index (χ1v) is 7.20. The van der Waals surface area contributed by atoms with Crippen molar-refractivity contribution in [2.24, 2.45) is 5.92 Å². The number of carbonyl (C=O) groups is 3. The standard InChI is InChI=1S/C17H18O7/c1-8(18)12(16(20)22-3)14-10-6-5-7-11(19)15(10)24-9(2)13(14)17(21)23-4/h5-7,12,14,19H,1-4H3/t12-,14+/m0/s1. The van der Waals surface area contributed by atoms with E-state index in [9.17, 15) is 19.5 Å². The average molecular weight is 334 g/mol. The molecule has 0 radical (unpaired) electrons. The second-order valence-electron chi connectivity index (χ2n) is 5.35. The number of benzene rings is 1. The van der Waals surface area contributed by atoms with Crippen molar-refractivity contribution in [3.8, 4) is 11.5 Å². The van der Waals surface area contributed by atoms with Crippen LogP contribution in [0.4, 0.5) is 0 Å². The van der Waals surface area contributed by atoms with E-state index < -0.39 is 29.6 Å². The number of hydrogen-bond acceptors (Lipinski definition) is 7. The molecule has 1 aliphatic heterocycles. The number of aromatic hydroxyl groups is 1. The lowest BCUT2D eigenvalue weighted by Crippen LogP contribution is -2.35. The Balaban J connectivity index is 2.75. The van der Waals surface area contributed by atoms with Crippen molar-refractivity contribution in [1.82, 2.24) is 0 Å². The number of allylic oxidation sites excluding steroid dienone is 1. The van der Waals surface area contributed by atoms with E-state index in [4.69, 9.17) is 14.2 Å². The minimum Gasteiger partial charge on any atom is -0.504 e. The van der Waals surface area contributed by atoms with Gasteiger partial charge in [0.25, 0.3) is 0 Å². The van der Waals surface area contributed by atoms with Gasteiger partial charge in [0.15, 0.2) is 11.5 Å². The van der Waals surface area contributed by atoms with Crippen LogP contribution in [0.15, 0.2) is 29.5 Å². The van der Waals surface area contributed by atoms with E-state index in [1.54, 1.807) is 6.07 Å². The Morgan fingerprint density at radius 1 is 1.21 bits per heavy atom. The number of hydrogen-bond donors (Lipinski definition) is 1. The molecule has 128 valence electrons. The van der Waals surface area contributed by atoms with Gasteiger partial charge in [0.05, 0.1) is 19.8 Å². The number of phenolic OH excluding ortho intramolecular Hbond substituents is 1. The Morgan fingerprint density at radius 3 is 2.42 bits per heavy atom. The first-order chi connectivity index (χ1) is 11.3. The smallest absolute Gasteiger partial charge is 0.337 e. The monoisotopic (exact) mass is 334 g/mol. The van der Waals surface area contributed by atoms with Crippen LogP contribution in [-0.2, 0) is 23.9 Å². The number of ether oxygens (including phenoxy) is 3. The molecule has 0 bridgehead atoms. The molecule has 7 nitrogen and oxygen atoms in total. The van der Waals surface area contributed by atoms with Crippen LogP contribution >= 0.6 is 0 Å². The van der Waals surface area contributed by atoms with E-state index >= 15 is 0 Å². The Kier molecular flexibility index (Phi) is 4.92. The number of Topliss-reactive ketones (excluding diaryl/α,β-unsaturated/α-hetero) is 1. The highest BCUT2D eigenvalue weighted by molar-refractivity contribution is 6.02. The summed E-state index contributed by atoms with van der Waals surface area (Å²) in [6, 6.07) is 4.52. The Labute approximate surface area is 138 Å². The maximum atomic E-state index is 12.2. The van der Waals surface area contributed by atoms with Crippen molar-refractivity contribution in [3.05, 3.63) is 35.1 Å². The topological polar surface area (TPSA) is 99.1 Å². The second-order valence-corrected chi connectivity index (χ2v) is 5.35. The lowest BCUT2D eigenvalue weighted by molar-refractivity contribution is -0.149. The molecule has 24 heavy (non-hydrogen) atoms. The molecule has 0 unspecified atom stereocenters. The van der Waals surface area contributed by atoms with Crippen LogP contribution in [0.1, 0.15) is 25.3 Å². The fraction of sp³-hybridized carbons (Fsp3) is 0.353. The van der Waals surface area contributed by atoms with Crippen molar-refractivity contribution in [2.45, 2.75) is 19.8 Å². The molecular formula is C17H18O7. The molecule has 2 rings (SSSR count). The summed E-state index contributed by atoms with van der Waals surface area (Å²) in [6.07, 6.45) is 0. The third-order valence-electron chi connectivity index (χ3n) is 3.94. The highest BCUT2D eigenvalue weighted by Crippen LogP contribution is 2.47. The first-order valence-electron chi connectivity index (χ1n) is 7.20. The molecular weight excluding hydrogens is 316 g/mol. The lowest BCUT2D eigenvalue weighted by Gasteiger charge is -2.31. The van der Waals surface area contributed by atoms with E-state index in [1.165, 1.54) is 33.1 Å². The van der Waals surface area contributed by atoms with Gasteiger partial charge in [-0.05, 0) is 19.9 Å². The van der Waals surface area contributed by atoms with Gasteiger partial charge >= 0.3 is 11.9 Å². The van der Waals surface area contributed by atoms with Crippen molar-refractivity contribution < 1.29 is 33.7 Å². The van der Waals surface area contributed by atoms with Gasteiger partial charge < -0.3 is 19.3 Å². The number of esters is 2. The SMILES string of the molecule is COC(=O)C1=C(C)Oc2c(O)cccc2[C@@H]1[C@H](C(C)=O)C(=O)OC. The van der Waals surface area contributed by atoms with Crippen molar-refractivity contribution in [1.29, 1.82) is 0 Å². The zero-order valence-corrected chi connectivity index (χ0v) is 13.8. The zero-order chi connectivity index (χ0) is 18.0. The van der Waals surface area contributed by atoms with E-state index in [0.29, 0.717) is 5.56 Å². The molecule has 0 aromatic heterocycles. The Morgan fingerprint density at radius 2 is 1.88 bits per heavy atom. The fourth-order valence-corrected chi connectivity index (χ4v) is 2.87. The normalized spacial score (nSPS) is 17.4. The van der Waals surface area contributed by atoms with Crippen LogP contribution < -0.4 is 4.74 Å². The second kappa shape index (κ2) is 6.74. The summed E-state index contributed by atoms with van der Waals surface area (Å²) in [4.78, 5) is 36.5. The van der Waals surface area contributed by atoms with E-state index in [2.05, 4.69) is 0 Å². The molecule has 0 amide bonds. The van der Waals surface area contributed by atoms with Gasteiger partial charge in [0.1, 0.15) is 17.5 Å². The number of para-hydroxylation sites is 1. The maximum absolute atomic E-state index is 12.2. The quantitative estimate of drug-likeness (QED) is 0.661. The van der Waals surface area contributed by atoms with Crippen LogP contribution in [0, 0.1) is 5.92 Å². The van der Waals surface area contributed by atoms with Gasteiger partial charge in [0.2, 0.25) is 0 Å². The van der Waals surface area contributed by atoms with Crippen LogP contribution in [0.2, 0.25) is 0 Å². The summed E-state index contributed by atoms with van der Waals surface area (Å²) in [5, 5.41) is 10.0. The van der Waals surface area contributed by atoms with E-state index in [0.717, 1.165) is 7.11 Å². The Bertz CT molecular complexity index is 732. The predicted octanol–water partition coefficient (Wildman–Crippen LogP) is 1.69. The molecule has 0 spiro atoms. The first kappa shape index (κ1) is 17.5. The molecule has 1 aromatic carbocycles. The molecule has 0 saturated carbocycles. The van der Waals surface area contributed by atoms with E-state index in [1.807, 2.05) is 0 Å². The van der Waals surface area contributed by atoms with Gasteiger partial charge in [-0.25, -0.2) is 4.79 Å². The molecule has 1 heterocycles. The Hall–Kier alpha value is -2.83. The molecule has 1 aliphatic rings. The van der Waals surface area contributed by atoms with Gasteiger partial charge in [-0.3, -0.25) is 9.59 Å². The molecule has 2 atom stereocenters. The highest BCUT2D eigenvalue weighted by Gasteiger charge is 2.44. The van der Waals surface area contributed by atoms with Gasteiger partial charge in [0, 0.05) is 11.5 Å². The van der Waals surface area contributed by atoms with Crippen molar-refractivity contribution in [3.63, 3.8) is 0 Å². The minimum atomic E-state index is -1.26. The molecule has 1 N–H and O–H groups in total. The van der Waals surface area contributed by atoms with E-state index in [-0.39, 0.29) is 22.8 Å². The minimum absolute atomic E-state index is 0.0428. The molecule has 0 fully saturated rings. The zero-order valence-electron chi connectivity index (χ0n) is 13.8. The summed E-state index contributed by atoms with van der Waals surface area (Å²) < 4.78 is 15.0. The highest BCUT2D eigenvalue weighted by atomic mass is 16.5. The number of carbonyl (C=O) groups excluding carboxylic acids is 3. The largest absolute Gasteiger partial charge is 0.504 e. The molecule has 7 heteroatoms. The van der Waals surface area contributed by atoms with Gasteiger partial charge in [-0.15, -0.1) is 0 Å². The fourth-order valence-electron chi connectivity index (χ4n) is 2.87. The number of rotatable bonds is 4. The third kappa shape index (κ3) is 2.84. The summed E-state index contributed by atoms with van der Waals surface area (Å²) >= 11 is 0. The van der Waals surface area contributed by atoms with Crippen LogP contribution in [-0.4, -0.2) is 37.0 Å². The van der Waals surface area contributed by atoms with Crippen molar-refractivity contribution >= 4 is 17.7 Å². The number of fused-ring (bicyclic) bond motifs is 1. The van der Waals surface area contributed by atoms with Gasteiger partial charge in [-0.2, -0.15) is 0 Å². The molecule has 0 saturated heterocycles. The lowest BCUT2D eigenvalue weighted by atomic mass is 9.76. The number of phenols is 1. The molecule has 0 aliphatic carbocycles. The number of methoxy groups -OCH3 is 2. The van der Waals surface area contributed by atoms with Gasteiger partial charge in [-0.1, -0.05) is 12.1 Å². The summed E-state index contributed by atoms with van der Waals surface area (Å²) in [6.45, 7) is 2.74. The van der Waals surface area contributed by atoms with Crippen molar-refractivity contribution in [2.75, 3.05) is 14.2 Å². The van der Waals surface area contributed by atoms with Crippen LogP contribution in [0.25, 0.3) is 0 Å². The molecule has 1 aromatic rings. The van der Waals surface area contributed by atoms with Crippen LogP contribution in [0.5, 0.6) is 11.5 Å². The average Bonchev–Trinajstić information content (AvgIpc) is 2.54. The third-order valence-corrected chi connectivity index (χ3v) is 3.94. The number of ketones is 1.